The molecule has 0 aromatic rings. The quantitative estimate of drug-likeness (QED) is 0.688. The first-order valence-corrected chi connectivity index (χ1v) is 6.69. The van der Waals surface area contributed by atoms with Gasteiger partial charge in [0.25, 0.3) is 0 Å². The first-order chi connectivity index (χ1) is 7.33. The van der Waals surface area contributed by atoms with Gasteiger partial charge in [-0.1, -0.05) is 20.8 Å². The van der Waals surface area contributed by atoms with Crippen LogP contribution in [0.3, 0.4) is 0 Å². The summed E-state index contributed by atoms with van der Waals surface area (Å²) in [4.78, 5) is 0. The molecular weight excluding hydrogens is 200 g/mol. The Morgan fingerprint density at radius 2 is 1.69 bits per heavy atom. The van der Waals surface area contributed by atoms with Crippen LogP contribution in [0.4, 0.5) is 0 Å². The third-order valence-corrected chi connectivity index (χ3v) is 5.06. The van der Waals surface area contributed by atoms with Gasteiger partial charge in [0.1, 0.15) is 0 Å². The second kappa shape index (κ2) is 3.99. The molecule has 0 amide bonds. The molecule has 94 valence electrons. The van der Waals surface area contributed by atoms with Gasteiger partial charge in [-0.25, -0.2) is 0 Å². The maximum absolute atomic E-state index is 10.2. The van der Waals surface area contributed by atoms with Crippen LogP contribution < -0.4 is 0 Å². The van der Waals surface area contributed by atoms with Crippen LogP contribution in [0.15, 0.2) is 0 Å². The summed E-state index contributed by atoms with van der Waals surface area (Å²) in [6, 6.07) is 0. The van der Waals surface area contributed by atoms with E-state index in [2.05, 4.69) is 34.6 Å². The fourth-order valence-corrected chi connectivity index (χ4v) is 3.59. The Kier molecular flexibility index (Phi) is 3.09. The van der Waals surface area contributed by atoms with E-state index in [0.717, 1.165) is 6.42 Å². The third kappa shape index (κ3) is 1.91. The highest BCUT2D eigenvalue weighted by atomic mass is 16.5. The zero-order valence-electron chi connectivity index (χ0n) is 11.2. The monoisotopic (exact) mass is 226 g/mol. The van der Waals surface area contributed by atoms with Crippen molar-refractivity contribution in [1.29, 1.82) is 0 Å². The standard InChI is InChI=1S/C14H26O2/c1-8-9(2)13-11(10(3)12(8)15)6-7-14(4,5)16-13/h8-13,15H,6-7H2,1-5H3. The second-order valence-corrected chi connectivity index (χ2v) is 6.61. The highest BCUT2D eigenvalue weighted by molar-refractivity contribution is 4.97. The van der Waals surface area contributed by atoms with Crippen molar-refractivity contribution >= 4 is 0 Å². The van der Waals surface area contributed by atoms with Crippen molar-refractivity contribution in [1.82, 2.24) is 0 Å². The Morgan fingerprint density at radius 3 is 2.31 bits per heavy atom. The first-order valence-electron chi connectivity index (χ1n) is 6.69. The highest BCUT2D eigenvalue weighted by Crippen LogP contribution is 2.47. The topological polar surface area (TPSA) is 29.5 Å². The molecule has 0 radical (unpaired) electrons. The minimum atomic E-state index is -0.152. The van der Waals surface area contributed by atoms with Crippen molar-refractivity contribution in [2.75, 3.05) is 0 Å². The normalized spacial score (nSPS) is 52.1. The summed E-state index contributed by atoms with van der Waals surface area (Å²) >= 11 is 0. The summed E-state index contributed by atoms with van der Waals surface area (Å²) in [5.74, 6) is 1.75. The predicted molar refractivity (Wildman–Crippen MR) is 65.2 cm³/mol. The summed E-state index contributed by atoms with van der Waals surface area (Å²) in [6.45, 7) is 11.0. The molecule has 2 heteroatoms. The molecule has 16 heavy (non-hydrogen) atoms. The van der Waals surface area contributed by atoms with Crippen molar-refractivity contribution in [3.05, 3.63) is 0 Å². The molecule has 2 nitrogen and oxygen atoms in total. The van der Waals surface area contributed by atoms with Gasteiger partial charge in [0, 0.05) is 0 Å². The molecule has 1 aliphatic heterocycles. The molecule has 0 aromatic heterocycles. The molecule has 1 N–H and O–H groups in total. The molecule has 1 heterocycles. The van der Waals surface area contributed by atoms with E-state index < -0.39 is 0 Å². The first kappa shape index (κ1) is 12.4. The molecule has 6 atom stereocenters. The molecule has 0 spiro atoms. The van der Waals surface area contributed by atoms with Gasteiger partial charge < -0.3 is 9.84 Å². The molecule has 2 fully saturated rings. The van der Waals surface area contributed by atoms with Gasteiger partial charge in [-0.05, 0) is 50.4 Å². The number of hydrogen-bond acceptors (Lipinski definition) is 2. The number of rotatable bonds is 0. The van der Waals surface area contributed by atoms with Crippen molar-refractivity contribution in [3.8, 4) is 0 Å². The molecule has 1 aliphatic carbocycles. The number of fused-ring (bicyclic) bond motifs is 1. The zero-order valence-corrected chi connectivity index (χ0v) is 11.2. The molecular formula is C14H26O2. The highest BCUT2D eigenvalue weighted by Gasteiger charge is 2.49. The maximum atomic E-state index is 10.2. The fraction of sp³-hybridized carbons (Fsp3) is 1.00. The molecule has 0 aromatic carbocycles. The van der Waals surface area contributed by atoms with E-state index in [1.807, 2.05) is 0 Å². The Labute approximate surface area is 99.4 Å². The summed E-state index contributed by atoms with van der Waals surface area (Å²) in [6.07, 6.45) is 2.51. The number of aliphatic hydroxyl groups excluding tert-OH is 1. The summed E-state index contributed by atoms with van der Waals surface area (Å²) in [5.41, 5.74) is 0.0250. The SMILES string of the molecule is CC1C(C)C2OC(C)(C)CCC2C(C)C1O. The van der Waals surface area contributed by atoms with Crippen LogP contribution in [0, 0.1) is 23.7 Å². The Morgan fingerprint density at radius 1 is 1.06 bits per heavy atom. The van der Waals surface area contributed by atoms with Gasteiger partial charge in [0.05, 0.1) is 17.8 Å². The van der Waals surface area contributed by atoms with Crippen LogP contribution in [-0.2, 0) is 4.74 Å². The van der Waals surface area contributed by atoms with Crippen LogP contribution in [0.5, 0.6) is 0 Å². The van der Waals surface area contributed by atoms with E-state index >= 15 is 0 Å². The summed E-state index contributed by atoms with van der Waals surface area (Å²) < 4.78 is 6.27. The van der Waals surface area contributed by atoms with Gasteiger partial charge >= 0.3 is 0 Å². The van der Waals surface area contributed by atoms with Crippen LogP contribution in [0.1, 0.15) is 47.5 Å². The molecule has 2 aliphatic rings. The molecule has 0 bridgehead atoms. The van der Waals surface area contributed by atoms with Crippen LogP contribution in [-0.4, -0.2) is 22.9 Å². The lowest BCUT2D eigenvalue weighted by Gasteiger charge is -2.53. The average Bonchev–Trinajstić information content (AvgIpc) is 2.22. The lowest BCUT2D eigenvalue weighted by atomic mass is 9.63. The van der Waals surface area contributed by atoms with E-state index in [9.17, 15) is 5.11 Å². The van der Waals surface area contributed by atoms with Crippen molar-refractivity contribution < 1.29 is 9.84 Å². The zero-order chi connectivity index (χ0) is 12.1. The van der Waals surface area contributed by atoms with Crippen LogP contribution in [0.25, 0.3) is 0 Å². The minimum Gasteiger partial charge on any atom is -0.393 e. The maximum Gasteiger partial charge on any atom is 0.0643 e. The lowest BCUT2D eigenvalue weighted by Crippen LogP contribution is -2.55. The van der Waals surface area contributed by atoms with Gasteiger partial charge in [0.15, 0.2) is 0 Å². The van der Waals surface area contributed by atoms with Crippen molar-refractivity contribution in [3.63, 3.8) is 0 Å². The lowest BCUT2D eigenvalue weighted by molar-refractivity contribution is -0.208. The molecule has 1 saturated heterocycles. The Balaban J connectivity index is 2.20. The Hall–Kier alpha value is -0.0800. The average molecular weight is 226 g/mol. The van der Waals surface area contributed by atoms with Crippen molar-refractivity contribution in [2.24, 2.45) is 23.7 Å². The predicted octanol–water partition coefficient (Wildman–Crippen LogP) is 2.84. The largest absolute Gasteiger partial charge is 0.393 e. The number of hydrogen-bond donors (Lipinski definition) is 1. The smallest absolute Gasteiger partial charge is 0.0643 e. The summed E-state index contributed by atoms with van der Waals surface area (Å²) in [5, 5.41) is 10.2. The van der Waals surface area contributed by atoms with Crippen LogP contribution >= 0.6 is 0 Å². The van der Waals surface area contributed by atoms with Gasteiger partial charge in [-0.2, -0.15) is 0 Å². The number of ether oxygens (including phenoxy) is 1. The van der Waals surface area contributed by atoms with Gasteiger partial charge in [0.2, 0.25) is 0 Å². The van der Waals surface area contributed by atoms with E-state index in [-0.39, 0.29) is 11.7 Å². The fourth-order valence-electron chi connectivity index (χ4n) is 3.59. The van der Waals surface area contributed by atoms with E-state index in [1.165, 1.54) is 6.42 Å². The van der Waals surface area contributed by atoms with E-state index in [1.54, 1.807) is 0 Å². The van der Waals surface area contributed by atoms with Gasteiger partial charge in [-0.3, -0.25) is 0 Å². The van der Waals surface area contributed by atoms with E-state index in [4.69, 9.17) is 4.74 Å². The molecule has 6 unspecified atom stereocenters. The molecule has 1 saturated carbocycles. The van der Waals surface area contributed by atoms with Gasteiger partial charge in [-0.15, -0.1) is 0 Å². The Bertz CT molecular complexity index is 261. The van der Waals surface area contributed by atoms with E-state index in [0.29, 0.717) is 29.8 Å². The van der Waals surface area contributed by atoms with Crippen molar-refractivity contribution in [2.45, 2.75) is 65.3 Å². The minimum absolute atomic E-state index is 0.0250. The molecule has 2 rings (SSSR count). The van der Waals surface area contributed by atoms with Crippen LogP contribution in [0.2, 0.25) is 0 Å². The third-order valence-electron chi connectivity index (χ3n) is 5.06. The second-order valence-electron chi connectivity index (χ2n) is 6.61. The number of aliphatic hydroxyl groups is 1. The summed E-state index contributed by atoms with van der Waals surface area (Å²) in [7, 11) is 0.